The molecule has 0 spiro atoms. The van der Waals surface area contributed by atoms with E-state index in [0.29, 0.717) is 0 Å². The molecular formula is C30H19Br2N. The van der Waals surface area contributed by atoms with E-state index in [4.69, 9.17) is 0 Å². The molecule has 3 heteroatoms. The summed E-state index contributed by atoms with van der Waals surface area (Å²) in [4.78, 5) is 0. The minimum absolute atomic E-state index is 1.08. The maximum absolute atomic E-state index is 3.67. The van der Waals surface area contributed by atoms with Crippen LogP contribution in [0.25, 0.3) is 49.7 Å². The third-order valence-electron chi connectivity index (χ3n) is 6.14. The van der Waals surface area contributed by atoms with Gasteiger partial charge in [0.15, 0.2) is 0 Å². The summed E-state index contributed by atoms with van der Waals surface area (Å²) in [5.74, 6) is 0. The van der Waals surface area contributed by atoms with Gasteiger partial charge < -0.3 is 4.57 Å². The Kier molecular flexibility index (Phi) is 5.17. The second kappa shape index (κ2) is 8.33. The molecule has 0 amide bonds. The van der Waals surface area contributed by atoms with E-state index in [-0.39, 0.29) is 0 Å². The van der Waals surface area contributed by atoms with Gasteiger partial charge in [-0.2, -0.15) is 0 Å². The Balaban J connectivity index is 1.69. The second-order valence-corrected chi connectivity index (χ2v) is 9.92. The molecule has 0 radical (unpaired) electrons. The van der Waals surface area contributed by atoms with Gasteiger partial charge in [0.1, 0.15) is 0 Å². The van der Waals surface area contributed by atoms with Crippen LogP contribution in [0.15, 0.2) is 124 Å². The van der Waals surface area contributed by atoms with Gasteiger partial charge >= 0.3 is 0 Å². The molecule has 33 heavy (non-hydrogen) atoms. The average Bonchev–Trinajstić information content (AvgIpc) is 3.17. The highest BCUT2D eigenvalue weighted by Gasteiger charge is 2.17. The Morgan fingerprint density at radius 2 is 0.970 bits per heavy atom. The average molecular weight is 553 g/mol. The van der Waals surface area contributed by atoms with Crippen molar-refractivity contribution >= 4 is 53.7 Å². The topological polar surface area (TPSA) is 4.93 Å². The smallest absolute Gasteiger partial charge is 0.0542 e. The summed E-state index contributed by atoms with van der Waals surface area (Å²) in [5.41, 5.74) is 8.44. The van der Waals surface area contributed by atoms with E-state index < -0.39 is 0 Å². The van der Waals surface area contributed by atoms with Crippen molar-refractivity contribution in [1.29, 1.82) is 0 Å². The molecule has 1 nitrogen and oxygen atoms in total. The van der Waals surface area contributed by atoms with Crippen molar-refractivity contribution in [3.63, 3.8) is 0 Å². The van der Waals surface area contributed by atoms with E-state index in [0.717, 1.165) is 8.95 Å². The lowest BCUT2D eigenvalue weighted by Crippen LogP contribution is -1.98. The standard InChI is InChI=1S/C30H19Br2N/c31-21-14-16-29-26(18-21)27-19-22(32)15-17-30(27)33(29)28-13-7-6-12-25(28)24-11-5-4-10-23(24)20-8-2-1-3-9-20/h1-19H. The lowest BCUT2D eigenvalue weighted by molar-refractivity contribution is 1.18. The first-order valence-electron chi connectivity index (χ1n) is 10.8. The van der Waals surface area contributed by atoms with Gasteiger partial charge in [0.2, 0.25) is 0 Å². The van der Waals surface area contributed by atoms with Crippen LogP contribution in [0, 0.1) is 0 Å². The largest absolute Gasteiger partial charge is 0.309 e. The zero-order valence-corrected chi connectivity index (χ0v) is 20.8. The first kappa shape index (κ1) is 20.5. The number of hydrogen-bond acceptors (Lipinski definition) is 0. The van der Waals surface area contributed by atoms with Crippen molar-refractivity contribution < 1.29 is 0 Å². The summed E-state index contributed by atoms with van der Waals surface area (Å²) in [5, 5.41) is 2.46. The van der Waals surface area contributed by atoms with Gasteiger partial charge in [0, 0.05) is 25.3 Å². The van der Waals surface area contributed by atoms with E-state index in [2.05, 4.69) is 152 Å². The fraction of sp³-hybridized carbons (Fsp3) is 0. The van der Waals surface area contributed by atoms with Crippen molar-refractivity contribution in [2.75, 3.05) is 0 Å². The molecule has 0 aliphatic heterocycles. The van der Waals surface area contributed by atoms with Crippen molar-refractivity contribution in [2.45, 2.75) is 0 Å². The van der Waals surface area contributed by atoms with Crippen LogP contribution in [-0.2, 0) is 0 Å². The molecule has 0 saturated carbocycles. The second-order valence-electron chi connectivity index (χ2n) is 8.09. The normalized spacial score (nSPS) is 11.3. The number of hydrogen-bond donors (Lipinski definition) is 0. The van der Waals surface area contributed by atoms with Crippen molar-refractivity contribution in [3.8, 4) is 27.9 Å². The highest BCUT2D eigenvalue weighted by atomic mass is 79.9. The molecular weight excluding hydrogens is 534 g/mol. The van der Waals surface area contributed by atoms with E-state index in [1.807, 2.05) is 0 Å². The molecule has 6 aromatic rings. The Morgan fingerprint density at radius 3 is 1.61 bits per heavy atom. The predicted molar refractivity (Wildman–Crippen MR) is 147 cm³/mol. The van der Waals surface area contributed by atoms with Crippen LogP contribution in [0.1, 0.15) is 0 Å². The van der Waals surface area contributed by atoms with Crippen LogP contribution < -0.4 is 0 Å². The molecule has 0 fully saturated rings. The molecule has 1 heterocycles. The Hall–Kier alpha value is -3.14. The van der Waals surface area contributed by atoms with Gasteiger partial charge in [-0.05, 0) is 59.2 Å². The molecule has 158 valence electrons. The van der Waals surface area contributed by atoms with Crippen molar-refractivity contribution in [1.82, 2.24) is 4.57 Å². The maximum atomic E-state index is 3.67. The fourth-order valence-corrected chi connectivity index (χ4v) is 5.43. The number of aromatic nitrogens is 1. The molecule has 6 rings (SSSR count). The summed E-state index contributed by atoms with van der Waals surface area (Å²) >= 11 is 7.34. The summed E-state index contributed by atoms with van der Waals surface area (Å²) in [6, 6.07) is 41.0. The number of nitrogens with zero attached hydrogens (tertiary/aromatic N) is 1. The third kappa shape index (κ3) is 3.52. The van der Waals surface area contributed by atoms with Crippen LogP contribution in [0.5, 0.6) is 0 Å². The summed E-state index contributed by atoms with van der Waals surface area (Å²) < 4.78 is 4.55. The molecule has 1 aromatic heterocycles. The van der Waals surface area contributed by atoms with Crippen LogP contribution >= 0.6 is 31.9 Å². The quantitative estimate of drug-likeness (QED) is 0.206. The minimum atomic E-state index is 1.08. The Labute approximate surface area is 209 Å². The molecule has 0 unspecified atom stereocenters. The van der Waals surface area contributed by atoms with Gasteiger partial charge in [-0.1, -0.05) is 105 Å². The fourth-order valence-electron chi connectivity index (χ4n) is 4.71. The highest BCUT2D eigenvalue weighted by molar-refractivity contribution is 9.10. The van der Waals surface area contributed by atoms with E-state index in [1.54, 1.807) is 0 Å². The molecule has 0 saturated heterocycles. The molecule has 0 aliphatic carbocycles. The molecule has 0 bridgehead atoms. The van der Waals surface area contributed by atoms with E-state index >= 15 is 0 Å². The number of rotatable bonds is 3. The molecule has 0 N–H and O–H groups in total. The Bertz CT molecular complexity index is 1570. The third-order valence-corrected chi connectivity index (χ3v) is 7.12. The number of fused-ring (bicyclic) bond motifs is 3. The maximum Gasteiger partial charge on any atom is 0.0542 e. The highest BCUT2D eigenvalue weighted by Crippen LogP contribution is 2.40. The van der Waals surface area contributed by atoms with Crippen LogP contribution in [0.3, 0.4) is 0 Å². The first-order valence-corrected chi connectivity index (χ1v) is 12.4. The van der Waals surface area contributed by atoms with E-state index in [1.165, 1.54) is 49.7 Å². The number of halogens is 2. The number of para-hydroxylation sites is 1. The summed E-state index contributed by atoms with van der Waals surface area (Å²) in [6.07, 6.45) is 0. The van der Waals surface area contributed by atoms with Gasteiger partial charge in [-0.3, -0.25) is 0 Å². The Morgan fingerprint density at radius 1 is 0.455 bits per heavy atom. The van der Waals surface area contributed by atoms with E-state index in [9.17, 15) is 0 Å². The van der Waals surface area contributed by atoms with Crippen molar-refractivity contribution in [3.05, 3.63) is 124 Å². The SMILES string of the molecule is Brc1ccc2c(c1)c1cc(Br)ccc1n2-c1ccccc1-c1ccccc1-c1ccccc1. The van der Waals surface area contributed by atoms with Crippen LogP contribution in [0.2, 0.25) is 0 Å². The monoisotopic (exact) mass is 551 g/mol. The molecule has 0 aliphatic rings. The minimum Gasteiger partial charge on any atom is -0.309 e. The van der Waals surface area contributed by atoms with Gasteiger partial charge in [0.25, 0.3) is 0 Å². The summed E-state index contributed by atoms with van der Waals surface area (Å²) in [6.45, 7) is 0. The lowest BCUT2D eigenvalue weighted by Gasteiger charge is -2.17. The molecule has 5 aromatic carbocycles. The van der Waals surface area contributed by atoms with Gasteiger partial charge in [-0.25, -0.2) is 0 Å². The van der Waals surface area contributed by atoms with Crippen LogP contribution in [-0.4, -0.2) is 4.57 Å². The summed E-state index contributed by atoms with van der Waals surface area (Å²) in [7, 11) is 0. The zero-order valence-electron chi connectivity index (χ0n) is 17.7. The lowest BCUT2D eigenvalue weighted by atomic mass is 9.93. The zero-order chi connectivity index (χ0) is 22.4. The first-order chi connectivity index (χ1) is 16.2. The number of benzene rings is 5. The van der Waals surface area contributed by atoms with Crippen LogP contribution in [0.4, 0.5) is 0 Å². The van der Waals surface area contributed by atoms with Gasteiger partial charge in [0.05, 0.1) is 16.7 Å². The van der Waals surface area contributed by atoms with Gasteiger partial charge in [-0.15, -0.1) is 0 Å². The molecule has 0 atom stereocenters. The predicted octanol–water partition coefficient (Wildman–Crippen LogP) is 9.64. The van der Waals surface area contributed by atoms with Crippen molar-refractivity contribution in [2.24, 2.45) is 0 Å².